The smallest absolute Gasteiger partial charge is 0.243 e. The van der Waals surface area contributed by atoms with Gasteiger partial charge in [-0.05, 0) is 24.5 Å². The van der Waals surface area contributed by atoms with Gasteiger partial charge in [-0.2, -0.15) is 4.31 Å². The van der Waals surface area contributed by atoms with Crippen LogP contribution in [0.2, 0.25) is 0 Å². The van der Waals surface area contributed by atoms with E-state index in [4.69, 9.17) is 0 Å². The number of carbonyl (C=O) groups is 1. The van der Waals surface area contributed by atoms with Crippen molar-refractivity contribution in [1.82, 2.24) is 9.29 Å². The molecule has 0 aliphatic carbocycles. The van der Waals surface area contributed by atoms with E-state index < -0.39 is 15.9 Å². The molecule has 1 aliphatic heterocycles. The highest BCUT2D eigenvalue weighted by atomic mass is 32.2. The van der Waals surface area contributed by atoms with Gasteiger partial charge in [-0.1, -0.05) is 48.5 Å². The molecule has 0 bridgehead atoms. The lowest BCUT2D eigenvalue weighted by Gasteiger charge is -2.31. The number of hydrogen-bond acceptors (Lipinski definition) is 5. The average Bonchev–Trinajstić information content (AvgIpc) is 3.27. The van der Waals surface area contributed by atoms with E-state index in [-0.39, 0.29) is 17.3 Å². The minimum atomic E-state index is -3.73. The van der Waals surface area contributed by atoms with Crippen LogP contribution in [0.3, 0.4) is 0 Å². The standard InChI is InChI=1S/C21H21N3O3S2/c25-20(23-21-22-12-14-28-21)17-9-6-13-24(15-17)29(26,27)19-11-5-4-10-18(19)16-7-2-1-3-8-16/h1-5,7-8,10-12,14,17H,6,9,13,15H2,(H,22,23,25)/t17-/m1/s1. The predicted molar refractivity (Wildman–Crippen MR) is 114 cm³/mol. The topological polar surface area (TPSA) is 79.4 Å². The molecule has 0 saturated carbocycles. The Morgan fingerprint density at radius 3 is 2.62 bits per heavy atom. The fraction of sp³-hybridized carbons (Fsp3) is 0.238. The second-order valence-electron chi connectivity index (χ2n) is 6.89. The molecule has 1 aliphatic rings. The molecule has 1 saturated heterocycles. The molecule has 150 valence electrons. The number of carbonyl (C=O) groups excluding carboxylic acids is 1. The summed E-state index contributed by atoms with van der Waals surface area (Å²) in [7, 11) is -3.73. The molecule has 29 heavy (non-hydrogen) atoms. The Bertz CT molecular complexity index is 1080. The van der Waals surface area contributed by atoms with E-state index in [0.29, 0.717) is 30.1 Å². The number of sulfonamides is 1. The van der Waals surface area contributed by atoms with Crippen molar-refractivity contribution in [1.29, 1.82) is 0 Å². The van der Waals surface area contributed by atoms with E-state index in [1.807, 2.05) is 42.5 Å². The van der Waals surface area contributed by atoms with Crippen LogP contribution in [0.4, 0.5) is 5.13 Å². The van der Waals surface area contributed by atoms with Crippen LogP contribution in [0.1, 0.15) is 12.8 Å². The molecule has 1 fully saturated rings. The van der Waals surface area contributed by atoms with Crippen molar-refractivity contribution in [3.05, 3.63) is 66.2 Å². The summed E-state index contributed by atoms with van der Waals surface area (Å²) in [5.74, 6) is -0.581. The minimum absolute atomic E-state index is 0.169. The van der Waals surface area contributed by atoms with Crippen molar-refractivity contribution in [3.8, 4) is 11.1 Å². The Morgan fingerprint density at radius 1 is 1.10 bits per heavy atom. The molecule has 1 atom stereocenters. The quantitative estimate of drug-likeness (QED) is 0.671. The lowest BCUT2D eigenvalue weighted by molar-refractivity contribution is -0.120. The minimum Gasteiger partial charge on any atom is -0.302 e. The first-order valence-electron chi connectivity index (χ1n) is 9.40. The van der Waals surface area contributed by atoms with Crippen LogP contribution < -0.4 is 5.32 Å². The first-order chi connectivity index (χ1) is 14.1. The number of piperidine rings is 1. The monoisotopic (exact) mass is 427 g/mol. The van der Waals surface area contributed by atoms with Crippen molar-refractivity contribution >= 4 is 32.4 Å². The van der Waals surface area contributed by atoms with Gasteiger partial charge in [0.1, 0.15) is 0 Å². The molecule has 8 heteroatoms. The van der Waals surface area contributed by atoms with Gasteiger partial charge in [0.25, 0.3) is 0 Å². The molecule has 1 aromatic heterocycles. The molecule has 2 aromatic carbocycles. The van der Waals surface area contributed by atoms with Crippen molar-refractivity contribution in [2.24, 2.45) is 5.92 Å². The number of nitrogens with one attached hydrogen (secondary N) is 1. The normalized spacial score (nSPS) is 17.7. The first kappa shape index (κ1) is 19.8. The van der Waals surface area contributed by atoms with Crippen molar-refractivity contribution in [2.45, 2.75) is 17.7 Å². The Kier molecular flexibility index (Phi) is 5.75. The maximum Gasteiger partial charge on any atom is 0.243 e. The van der Waals surface area contributed by atoms with Gasteiger partial charge >= 0.3 is 0 Å². The summed E-state index contributed by atoms with van der Waals surface area (Å²) in [6.45, 7) is 0.579. The van der Waals surface area contributed by atoms with E-state index in [0.717, 1.165) is 5.56 Å². The number of aromatic nitrogens is 1. The maximum atomic E-state index is 13.5. The van der Waals surface area contributed by atoms with Gasteiger partial charge in [-0.3, -0.25) is 4.79 Å². The number of amides is 1. The number of rotatable bonds is 5. The summed E-state index contributed by atoms with van der Waals surface area (Å²) in [6, 6.07) is 16.5. The first-order valence-corrected chi connectivity index (χ1v) is 11.7. The molecule has 0 unspecified atom stereocenters. The molecule has 0 radical (unpaired) electrons. The maximum absolute atomic E-state index is 13.5. The van der Waals surface area contributed by atoms with Gasteiger partial charge in [0.05, 0.1) is 10.8 Å². The fourth-order valence-electron chi connectivity index (χ4n) is 3.55. The predicted octanol–water partition coefficient (Wildman–Crippen LogP) is 3.85. The second-order valence-corrected chi connectivity index (χ2v) is 9.69. The number of anilines is 1. The zero-order valence-corrected chi connectivity index (χ0v) is 17.3. The molecule has 6 nitrogen and oxygen atoms in total. The van der Waals surface area contributed by atoms with Gasteiger partial charge in [0.2, 0.25) is 15.9 Å². The molecule has 2 heterocycles. The van der Waals surface area contributed by atoms with Crippen LogP contribution in [-0.4, -0.2) is 36.7 Å². The van der Waals surface area contributed by atoms with Gasteiger partial charge in [0.15, 0.2) is 5.13 Å². The van der Waals surface area contributed by atoms with E-state index in [1.165, 1.54) is 15.6 Å². The summed E-state index contributed by atoms with van der Waals surface area (Å²) in [4.78, 5) is 16.9. The van der Waals surface area contributed by atoms with Crippen LogP contribution in [-0.2, 0) is 14.8 Å². The van der Waals surface area contributed by atoms with Crippen molar-refractivity contribution in [3.63, 3.8) is 0 Å². The molecular formula is C21H21N3O3S2. The van der Waals surface area contributed by atoms with Crippen molar-refractivity contribution < 1.29 is 13.2 Å². The van der Waals surface area contributed by atoms with Gasteiger partial charge in [-0.15, -0.1) is 11.3 Å². The number of nitrogens with zero attached hydrogens (tertiary/aromatic N) is 2. The average molecular weight is 428 g/mol. The third-order valence-electron chi connectivity index (χ3n) is 5.01. The molecule has 1 N–H and O–H groups in total. The van der Waals surface area contributed by atoms with Crippen LogP contribution in [0.5, 0.6) is 0 Å². The second kappa shape index (κ2) is 8.44. The van der Waals surface area contributed by atoms with E-state index in [1.54, 1.807) is 23.7 Å². The Morgan fingerprint density at radius 2 is 1.86 bits per heavy atom. The third-order valence-corrected chi connectivity index (χ3v) is 7.62. The number of benzene rings is 2. The highest BCUT2D eigenvalue weighted by Gasteiger charge is 2.34. The zero-order valence-electron chi connectivity index (χ0n) is 15.7. The lowest BCUT2D eigenvalue weighted by atomic mass is 9.99. The molecular weight excluding hydrogens is 406 g/mol. The van der Waals surface area contributed by atoms with E-state index >= 15 is 0 Å². The summed E-state index contributed by atoms with van der Waals surface area (Å²) in [5.41, 5.74) is 1.52. The highest BCUT2D eigenvalue weighted by molar-refractivity contribution is 7.89. The van der Waals surface area contributed by atoms with E-state index in [2.05, 4.69) is 10.3 Å². The SMILES string of the molecule is O=C(Nc1nccs1)[C@@H]1CCCN(S(=O)(=O)c2ccccc2-c2ccccc2)C1. The van der Waals surface area contributed by atoms with Crippen LogP contribution >= 0.6 is 11.3 Å². The van der Waals surface area contributed by atoms with Crippen molar-refractivity contribution in [2.75, 3.05) is 18.4 Å². The Balaban J connectivity index is 1.59. The molecule has 4 rings (SSSR count). The molecule has 1 amide bonds. The number of hydrogen-bond donors (Lipinski definition) is 1. The van der Waals surface area contributed by atoms with Crippen LogP contribution in [0.25, 0.3) is 11.1 Å². The van der Waals surface area contributed by atoms with Gasteiger partial charge < -0.3 is 5.32 Å². The largest absolute Gasteiger partial charge is 0.302 e. The Labute approximate surface area is 174 Å². The summed E-state index contributed by atoms with van der Waals surface area (Å²) in [5, 5.41) is 5.10. The van der Waals surface area contributed by atoms with Gasteiger partial charge in [-0.25, -0.2) is 13.4 Å². The summed E-state index contributed by atoms with van der Waals surface area (Å²) < 4.78 is 28.3. The lowest BCUT2D eigenvalue weighted by Crippen LogP contribution is -2.43. The molecule has 3 aromatic rings. The van der Waals surface area contributed by atoms with Gasteiger partial charge in [0, 0.05) is 30.2 Å². The zero-order chi connectivity index (χ0) is 20.3. The summed E-state index contributed by atoms with van der Waals surface area (Å²) >= 11 is 1.34. The van der Waals surface area contributed by atoms with Crippen LogP contribution in [0.15, 0.2) is 71.1 Å². The summed E-state index contributed by atoms with van der Waals surface area (Å²) in [6.07, 6.45) is 2.92. The molecule has 0 spiro atoms. The third kappa shape index (κ3) is 4.24. The number of thiazole rings is 1. The van der Waals surface area contributed by atoms with Crippen LogP contribution in [0, 0.1) is 5.92 Å². The highest BCUT2D eigenvalue weighted by Crippen LogP contribution is 2.31. The van der Waals surface area contributed by atoms with E-state index in [9.17, 15) is 13.2 Å². The fourth-order valence-corrected chi connectivity index (χ4v) is 5.82. The Hall–Kier alpha value is -2.55.